The van der Waals surface area contributed by atoms with Gasteiger partial charge in [-0.05, 0) is 18.6 Å². The van der Waals surface area contributed by atoms with Crippen LogP contribution in [0.5, 0.6) is 0 Å². The lowest BCUT2D eigenvalue weighted by molar-refractivity contribution is -0.140. The van der Waals surface area contributed by atoms with Gasteiger partial charge in [-0.15, -0.1) is 0 Å². The fourth-order valence-electron chi connectivity index (χ4n) is 1.46. The number of nitrogens with one attached hydrogen (secondary N) is 1. The van der Waals surface area contributed by atoms with Crippen LogP contribution in [0.4, 0.5) is 0 Å². The molecule has 1 saturated heterocycles. The molecule has 5 heteroatoms. The lowest BCUT2D eigenvalue weighted by atomic mass is 10.2. The van der Waals surface area contributed by atoms with Crippen molar-refractivity contribution in [1.29, 1.82) is 0 Å². The smallest absolute Gasteiger partial charge is 0.323 e. The molecule has 1 heterocycles. The number of ether oxygens (including phenoxy) is 1. The van der Waals surface area contributed by atoms with Crippen molar-refractivity contribution in [1.82, 2.24) is 5.32 Å². The Hall–Kier alpha value is -0.260. The van der Waals surface area contributed by atoms with Crippen LogP contribution < -0.4 is 5.32 Å². The fraction of sp³-hybridized carbons (Fsp3) is 0.889. The third-order valence-electron chi connectivity index (χ3n) is 2.25. The van der Waals surface area contributed by atoms with Crippen molar-refractivity contribution in [2.24, 2.45) is 0 Å². The Balaban J connectivity index is 2.21. The van der Waals surface area contributed by atoms with Crippen molar-refractivity contribution in [2.75, 3.05) is 26.0 Å². The second-order valence-electron chi connectivity index (χ2n) is 3.39. The van der Waals surface area contributed by atoms with Gasteiger partial charge in [-0.2, -0.15) is 11.8 Å². The molecule has 0 amide bonds. The summed E-state index contributed by atoms with van der Waals surface area (Å²) in [5.74, 6) is 0.365. The molecule has 0 spiro atoms. The second kappa shape index (κ2) is 6.27. The largest absolute Gasteiger partial charge is 0.480 e. The first kappa shape index (κ1) is 11.8. The zero-order chi connectivity index (χ0) is 10.4. The molecule has 2 unspecified atom stereocenters. The first-order valence-electron chi connectivity index (χ1n) is 4.80. The Morgan fingerprint density at radius 2 is 2.57 bits per heavy atom. The zero-order valence-corrected chi connectivity index (χ0v) is 9.18. The third-order valence-corrected chi connectivity index (χ3v) is 3.65. The van der Waals surface area contributed by atoms with Gasteiger partial charge >= 0.3 is 5.97 Å². The van der Waals surface area contributed by atoms with E-state index in [0.29, 0.717) is 5.25 Å². The van der Waals surface area contributed by atoms with Gasteiger partial charge in [0.05, 0.1) is 6.61 Å². The minimum Gasteiger partial charge on any atom is -0.480 e. The molecule has 0 saturated carbocycles. The van der Waals surface area contributed by atoms with E-state index in [-0.39, 0.29) is 6.61 Å². The number of aliphatic carboxylic acids is 1. The maximum Gasteiger partial charge on any atom is 0.323 e. The molecule has 1 aliphatic heterocycles. The Morgan fingerprint density at radius 3 is 3.07 bits per heavy atom. The van der Waals surface area contributed by atoms with Gasteiger partial charge in [-0.25, -0.2) is 0 Å². The monoisotopic (exact) mass is 219 g/mol. The number of methoxy groups -OCH3 is 1. The first-order chi connectivity index (χ1) is 6.74. The van der Waals surface area contributed by atoms with Crippen LogP contribution in [-0.2, 0) is 9.53 Å². The Bertz CT molecular complexity index is 183. The quantitative estimate of drug-likeness (QED) is 0.684. The van der Waals surface area contributed by atoms with E-state index in [1.165, 1.54) is 25.7 Å². The molecule has 0 bridgehead atoms. The molecule has 82 valence electrons. The van der Waals surface area contributed by atoms with Crippen molar-refractivity contribution in [3.05, 3.63) is 0 Å². The van der Waals surface area contributed by atoms with Crippen molar-refractivity contribution < 1.29 is 14.6 Å². The molecule has 1 aliphatic rings. The summed E-state index contributed by atoms with van der Waals surface area (Å²) in [5, 5.41) is 12.4. The van der Waals surface area contributed by atoms with Crippen LogP contribution in [-0.4, -0.2) is 48.4 Å². The summed E-state index contributed by atoms with van der Waals surface area (Å²) < 4.78 is 4.83. The second-order valence-corrected chi connectivity index (χ2v) is 4.80. The van der Waals surface area contributed by atoms with Gasteiger partial charge < -0.3 is 15.2 Å². The molecule has 14 heavy (non-hydrogen) atoms. The Kier molecular flexibility index (Phi) is 5.29. The molecule has 2 N–H and O–H groups in total. The fourth-order valence-corrected chi connectivity index (χ4v) is 2.68. The number of rotatable bonds is 6. The summed E-state index contributed by atoms with van der Waals surface area (Å²) in [4.78, 5) is 10.7. The normalized spacial score (nSPS) is 23.6. The number of carbonyl (C=O) groups is 1. The molecule has 2 atom stereocenters. The van der Waals surface area contributed by atoms with E-state index in [0.717, 1.165) is 6.54 Å². The molecule has 0 radical (unpaired) electrons. The minimum atomic E-state index is -0.838. The van der Waals surface area contributed by atoms with E-state index in [1.807, 2.05) is 11.8 Å². The molecule has 4 nitrogen and oxygen atoms in total. The lowest BCUT2D eigenvalue weighted by Crippen LogP contribution is -2.42. The van der Waals surface area contributed by atoms with Gasteiger partial charge in [0.25, 0.3) is 0 Å². The summed E-state index contributed by atoms with van der Waals surface area (Å²) in [5.41, 5.74) is 0. The van der Waals surface area contributed by atoms with Crippen molar-refractivity contribution in [2.45, 2.75) is 24.1 Å². The summed E-state index contributed by atoms with van der Waals surface area (Å²) >= 11 is 1.92. The molecular formula is C9H17NO3S. The summed E-state index contributed by atoms with van der Waals surface area (Å²) in [7, 11) is 1.52. The van der Waals surface area contributed by atoms with Gasteiger partial charge in [0.1, 0.15) is 6.04 Å². The minimum absolute atomic E-state index is 0.229. The van der Waals surface area contributed by atoms with E-state index < -0.39 is 12.0 Å². The topological polar surface area (TPSA) is 58.6 Å². The summed E-state index contributed by atoms with van der Waals surface area (Å²) in [6, 6.07) is -0.568. The average molecular weight is 219 g/mol. The number of carboxylic acid groups (broad SMARTS) is 1. The van der Waals surface area contributed by atoms with Crippen molar-refractivity contribution in [3.8, 4) is 0 Å². The molecule has 1 rings (SSSR count). The zero-order valence-electron chi connectivity index (χ0n) is 8.36. The molecule has 0 aromatic heterocycles. The maximum atomic E-state index is 10.7. The maximum absolute atomic E-state index is 10.7. The average Bonchev–Trinajstić information content (AvgIpc) is 2.64. The predicted molar refractivity (Wildman–Crippen MR) is 56.8 cm³/mol. The molecule has 0 aromatic rings. The van der Waals surface area contributed by atoms with Crippen molar-refractivity contribution >= 4 is 17.7 Å². The van der Waals surface area contributed by atoms with E-state index in [1.54, 1.807) is 0 Å². The van der Waals surface area contributed by atoms with Crippen LogP contribution in [0, 0.1) is 0 Å². The number of thioether (sulfide) groups is 1. The number of hydrogen-bond acceptors (Lipinski definition) is 4. The first-order valence-corrected chi connectivity index (χ1v) is 5.85. The summed E-state index contributed by atoms with van der Waals surface area (Å²) in [6.07, 6.45) is 2.44. The van der Waals surface area contributed by atoms with Crippen LogP contribution in [0.3, 0.4) is 0 Å². The van der Waals surface area contributed by atoms with Crippen molar-refractivity contribution in [3.63, 3.8) is 0 Å². The van der Waals surface area contributed by atoms with Gasteiger partial charge in [-0.1, -0.05) is 0 Å². The van der Waals surface area contributed by atoms with Gasteiger partial charge in [-0.3, -0.25) is 4.79 Å². The van der Waals surface area contributed by atoms with Gasteiger partial charge in [0.2, 0.25) is 0 Å². The predicted octanol–water partition coefficient (Wildman–Crippen LogP) is 0.571. The third kappa shape index (κ3) is 3.86. The van der Waals surface area contributed by atoms with Gasteiger partial charge in [0.15, 0.2) is 0 Å². The van der Waals surface area contributed by atoms with Crippen LogP contribution in [0.15, 0.2) is 0 Å². The summed E-state index contributed by atoms with van der Waals surface area (Å²) in [6.45, 7) is 0.998. The standard InChI is InChI=1S/C9H17NO3S/c1-13-6-8(9(11)12)10-5-7-3-2-4-14-7/h7-8,10H,2-6H2,1H3,(H,11,12). The Labute approximate surface area is 88.4 Å². The van der Waals surface area contributed by atoms with E-state index in [2.05, 4.69) is 5.32 Å². The van der Waals surface area contributed by atoms with Crippen LogP contribution in [0.25, 0.3) is 0 Å². The SMILES string of the molecule is COCC(NCC1CCCS1)C(=O)O. The highest BCUT2D eigenvalue weighted by Gasteiger charge is 2.20. The lowest BCUT2D eigenvalue weighted by Gasteiger charge is -2.16. The Morgan fingerprint density at radius 1 is 1.79 bits per heavy atom. The molecule has 0 aliphatic carbocycles. The van der Waals surface area contributed by atoms with Crippen LogP contribution in [0.2, 0.25) is 0 Å². The highest BCUT2D eigenvalue weighted by molar-refractivity contribution is 8.00. The molecule has 0 aromatic carbocycles. The van der Waals surface area contributed by atoms with Crippen LogP contribution >= 0.6 is 11.8 Å². The number of carboxylic acids is 1. The van der Waals surface area contributed by atoms with E-state index in [9.17, 15) is 4.79 Å². The van der Waals surface area contributed by atoms with E-state index >= 15 is 0 Å². The van der Waals surface area contributed by atoms with E-state index in [4.69, 9.17) is 9.84 Å². The highest BCUT2D eigenvalue weighted by Crippen LogP contribution is 2.25. The molecular weight excluding hydrogens is 202 g/mol. The number of hydrogen-bond donors (Lipinski definition) is 2. The van der Waals surface area contributed by atoms with Gasteiger partial charge in [0, 0.05) is 18.9 Å². The highest BCUT2D eigenvalue weighted by atomic mass is 32.2. The van der Waals surface area contributed by atoms with Crippen LogP contribution in [0.1, 0.15) is 12.8 Å². The molecule has 1 fully saturated rings.